The predicted octanol–water partition coefficient (Wildman–Crippen LogP) is 10.2. The molecular formula is C43H26N6. The van der Waals surface area contributed by atoms with Gasteiger partial charge in [0.2, 0.25) is 0 Å². The SMILES string of the molecule is c1ccc2c(-c3nc(-c4ccc(-c5nc6c(nc7ccccn76)c6ccccc56)cc4)nc(-c4cccc5ccccc45)n3)cccc2c1. The molecule has 0 radical (unpaired) electrons. The van der Waals surface area contributed by atoms with E-state index in [1.54, 1.807) is 0 Å². The fourth-order valence-electron chi connectivity index (χ4n) is 6.92. The lowest BCUT2D eigenvalue weighted by Gasteiger charge is -2.12. The van der Waals surface area contributed by atoms with Crippen LogP contribution in [0.1, 0.15) is 0 Å². The Bertz CT molecular complexity index is 2780. The van der Waals surface area contributed by atoms with E-state index in [1.807, 2.05) is 28.8 Å². The van der Waals surface area contributed by atoms with Crippen molar-refractivity contribution < 1.29 is 0 Å². The molecule has 0 saturated carbocycles. The lowest BCUT2D eigenvalue weighted by molar-refractivity contribution is 1.08. The van der Waals surface area contributed by atoms with Crippen LogP contribution >= 0.6 is 0 Å². The second-order valence-electron chi connectivity index (χ2n) is 12.2. The van der Waals surface area contributed by atoms with Crippen LogP contribution in [0.25, 0.3) is 94.5 Å². The Kier molecular flexibility index (Phi) is 6.08. The monoisotopic (exact) mass is 626 g/mol. The first kappa shape index (κ1) is 27.3. The Morgan fingerprint density at radius 3 is 1.57 bits per heavy atom. The molecule has 0 bridgehead atoms. The topological polar surface area (TPSA) is 68.9 Å². The second kappa shape index (κ2) is 10.9. The summed E-state index contributed by atoms with van der Waals surface area (Å²) in [7, 11) is 0. The van der Waals surface area contributed by atoms with Gasteiger partial charge in [-0.1, -0.05) is 140 Å². The van der Waals surface area contributed by atoms with Crippen molar-refractivity contribution in [1.82, 2.24) is 29.3 Å². The lowest BCUT2D eigenvalue weighted by atomic mass is 10.0. The van der Waals surface area contributed by atoms with Gasteiger partial charge < -0.3 is 0 Å². The number of aromatic nitrogens is 6. The Hall–Kier alpha value is -6.79. The van der Waals surface area contributed by atoms with Gasteiger partial charge in [0.15, 0.2) is 23.1 Å². The second-order valence-corrected chi connectivity index (χ2v) is 12.2. The molecular weight excluding hydrogens is 601 g/mol. The van der Waals surface area contributed by atoms with Crippen molar-refractivity contribution in [3.05, 3.63) is 158 Å². The van der Waals surface area contributed by atoms with E-state index in [2.05, 4.69) is 133 Å². The number of rotatable bonds is 4. The summed E-state index contributed by atoms with van der Waals surface area (Å²) in [5.41, 5.74) is 7.36. The zero-order valence-electron chi connectivity index (χ0n) is 26.2. The van der Waals surface area contributed by atoms with Crippen LogP contribution in [-0.4, -0.2) is 29.3 Å². The van der Waals surface area contributed by atoms with Crippen molar-refractivity contribution in [2.75, 3.05) is 0 Å². The van der Waals surface area contributed by atoms with Gasteiger partial charge in [-0.05, 0) is 33.7 Å². The van der Waals surface area contributed by atoms with Crippen LogP contribution in [0, 0.1) is 0 Å². The summed E-state index contributed by atoms with van der Waals surface area (Å²) < 4.78 is 2.05. The van der Waals surface area contributed by atoms with Crippen molar-refractivity contribution in [2.24, 2.45) is 0 Å². The Labute approximate surface area is 281 Å². The first-order chi connectivity index (χ1) is 24.3. The highest BCUT2D eigenvalue weighted by atomic mass is 15.1. The Morgan fingerprint density at radius 1 is 0.367 bits per heavy atom. The maximum Gasteiger partial charge on any atom is 0.165 e. The average Bonchev–Trinajstić information content (AvgIpc) is 3.56. The van der Waals surface area contributed by atoms with E-state index < -0.39 is 0 Å². The standard InChI is InChI=1S/C43H26N6/c1-3-15-31-27(11-1)13-9-19-35(31)41-46-40(47-42(48-41)36-20-10-14-28-12-2-4-16-32(28)36)30-24-22-29(23-25-30)38-33-17-5-6-18-34(33)39-43(45-38)49-26-8-7-21-37(49)44-39/h1-26H. The zero-order chi connectivity index (χ0) is 32.3. The minimum Gasteiger partial charge on any atom is -0.284 e. The summed E-state index contributed by atoms with van der Waals surface area (Å²) in [4.78, 5) is 25.4. The molecule has 10 aromatic rings. The van der Waals surface area contributed by atoms with Gasteiger partial charge >= 0.3 is 0 Å². The third-order valence-electron chi connectivity index (χ3n) is 9.27. The molecule has 0 saturated heterocycles. The van der Waals surface area contributed by atoms with Gasteiger partial charge in [-0.3, -0.25) is 4.40 Å². The number of nitrogens with zero attached hydrogens (tertiary/aromatic N) is 6. The van der Waals surface area contributed by atoms with Crippen molar-refractivity contribution in [3.8, 4) is 45.4 Å². The van der Waals surface area contributed by atoms with Crippen LogP contribution in [-0.2, 0) is 0 Å². The maximum atomic E-state index is 5.19. The highest BCUT2D eigenvalue weighted by Gasteiger charge is 2.18. The van der Waals surface area contributed by atoms with Gasteiger partial charge in [-0.2, -0.15) is 0 Å². The van der Waals surface area contributed by atoms with Gasteiger partial charge in [-0.25, -0.2) is 24.9 Å². The smallest absolute Gasteiger partial charge is 0.165 e. The van der Waals surface area contributed by atoms with E-state index in [9.17, 15) is 0 Å². The number of imidazole rings is 1. The summed E-state index contributed by atoms with van der Waals surface area (Å²) in [6, 6.07) is 52.0. The van der Waals surface area contributed by atoms with E-state index in [-0.39, 0.29) is 0 Å². The molecule has 228 valence electrons. The van der Waals surface area contributed by atoms with E-state index in [1.165, 1.54) is 0 Å². The average molecular weight is 627 g/mol. The normalized spacial score (nSPS) is 11.7. The molecule has 0 fully saturated rings. The van der Waals surface area contributed by atoms with Crippen LogP contribution in [0.5, 0.6) is 0 Å². The molecule has 0 N–H and O–H groups in total. The molecule has 6 aromatic carbocycles. The Morgan fingerprint density at radius 2 is 0.898 bits per heavy atom. The van der Waals surface area contributed by atoms with E-state index in [0.717, 1.165) is 77.1 Å². The zero-order valence-corrected chi connectivity index (χ0v) is 26.2. The van der Waals surface area contributed by atoms with Gasteiger partial charge in [0, 0.05) is 39.2 Å². The third-order valence-corrected chi connectivity index (χ3v) is 9.27. The fourth-order valence-corrected chi connectivity index (χ4v) is 6.92. The predicted molar refractivity (Wildman–Crippen MR) is 198 cm³/mol. The van der Waals surface area contributed by atoms with Gasteiger partial charge in [-0.15, -0.1) is 0 Å². The van der Waals surface area contributed by atoms with Crippen molar-refractivity contribution in [1.29, 1.82) is 0 Å². The molecule has 0 aliphatic carbocycles. The Balaban J connectivity index is 1.16. The molecule has 6 nitrogen and oxygen atoms in total. The molecule has 0 atom stereocenters. The molecule has 0 aliphatic rings. The van der Waals surface area contributed by atoms with Crippen molar-refractivity contribution >= 4 is 49.1 Å². The highest BCUT2D eigenvalue weighted by Crippen LogP contribution is 2.35. The first-order valence-electron chi connectivity index (χ1n) is 16.3. The number of pyridine rings is 2. The summed E-state index contributed by atoms with van der Waals surface area (Å²) in [6.07, 6.45) is 2.02. The molecule has 6 heteroatoms. The maximum absolute atomic E-state index is 5.19. The minimum atomic E-state index is 0.613. The van der Waals surface area contributed by atoms with Crippen molar-refractivity contribution in [3.63, 3.8) is 0 Å². The molecule has 0 spiro atoms. The lowest BCUT2D eigenvalue weighted by Crippen LogP contribution is -2.01. The summed E-state index contributed by atoms with van der Waals surface area (Å²) in [5.74, 6) is 1.89. The number of benzene rings is 6. The van der Waals surface area contributed by atoms with Gasteiger partial charge in [0.25, 0.3) is 0 Å². The van der Waals surface area contributed by atoms with Crippen LogP contribution < -0.4 is 0 Å². The molecule has 0 aliphatic heterocycles. The summed E-state index contributed by atoms with van der Waals surface area (Å²) >= 11 is 0. The van der Waals surface area contributed by atoms with Crippen molar-refractivity contribution in [2.45, 2.75) is 0 Å². The first-order valence-corrected chi connectivity index (χ1v) is 16.3. The largest absolute Gasteiger partial charge is 0.284 e. The molecule has 4 aromatic heterocycles. The van der Waals surface area contributed by atoms with Gasteiger partial charge in [0.1, 0.15) is 11.2 Å². The molecule has 0 amide bonds. The van der Waals surface area contributed by atoms with E-state index in [4.69, 9.17) is 24.9 Å². The summed E-state index contributed by atoms with van der Waals surface area (Å²) in [5, 5.41) is 6.61. The number of hydrogen-bond acceptors (Lipinski definition) is 5. The van der Waals surface area contributed by atoms with Crippen LogP contribution in [0.2, 0.25) is 0 Å². The fraction of sp³-hybridized carbons (Fsp3) is 0. The van der Waals surface area contributed by atoms with Crippen LogP contribution in [0.4, 0.5) is 0 Å². The summed E-state index contributed by atoms with van der Waals surface area (Å²) in [6.45, 7) is 0. The van der Waals surface area contributed by atoms with Gasteiger partial charge in [0.05, 0.1) is 5.69 Å². The molecule has 4 heterocycles. The van der Waals surface area contributed by atoms with Crippen LogP contribution in [0.15, 0.2) is 158 Å². The van der Waals surface area contributed by atoms with E-state index >= 15 is 0 Å². The van der Waals surface area contributed by atoms with E-state index in [0.29, 0.717) is 17.5 Å². The molecule has 49 heavy (non-hydrogen) atoms. The number of hydrogen-bond donors (Lipinski definition) is 0. The minimum absolute atomic E-state index is 0.613. The molecule has 0 unspecified atom stereocenters. The molecule has 10 rings (SSSR count). The number of fused-ring (bicyclic) bond motifs is 7. The highest BCUT2D eigenvalue weighted by molar-refractivity contribution is 6.09. The third kappa shape index (κ3) is 4.46. The van der Waals surface area contributed by atoms with Crippen LogP contribution in [0.3, 0.4) is 0 Å². The quantitative estimate of drug-likeness (QED) is 0.194.